The van der Waals surface area contributed by atoms with Crippen LogP contribution in [0.15, 0.2) is 57.0 Å². The summed E-state index contributed by atoms with van der Waals surface area (Å²) in [6.45, 7) is 2.66. The van der Waals surface area contributed by atoms with Gasteiger partial charge < -0.3 is 30.9 Å². The Morgan fingerprint density at radius 2 is 1.85 bits per heavy atom. The number of carboxylic acids is 1. The highest BCUT2D eigenvalue weighted by Gasteiger charge is 2.32. The first-order valence-corrected chi connectivity index (χ1v) is 11.1. The van der Waals surface area contributed by atoms with Crippen molar-refractivity contribution in [2.75, 3.05) is 19.8 Å². The minimum absolute atomic E-state index is 0.0700. The fraction of sp³-hybridized carbons (Fsp3) is 0.300. The molecule has 9 nitrogen and oxygen atoms in total. The Bertz CT molecular complexity index is 929. The van der Waals surface area contributed by atoms with Crippen molar-refractivity contribution in [1.82, 2.24) is 4.72 Å². The summed E-state index contributed by atoms with van der Waals surface area (Å²) in [5, 5.41) is 11.8. The molecule has 2 aromatic carbocycles. The molecule has 0 aliphatic carbocycles. The molecule has 34 heavy (non-hydrogen) atoms. The van der Waals surface area contributed by atoms with Crippen molar-refractivity contribution < 1.29 is 37.4 Å². The molecule has 0 atom stereocenters. The third kappa shape index (κ3) is 14.3. The summed E-state index contributed by atoms with van der Waals surface area (Å²) >= 11 is 3.77. The highest BCUT2D eigenvalue weighted by Crippen LogP contribution is 2.34. The summed E-state index contributed by atoms with van der Waals surface area (Å²) in [5.74, 6) is -0.732. The van der Waals surface area contributed by atoms with Gasteiger partial charge in [-0.15, -0.1) is 13.2 Å². The van der Waals surface area contributed by atoms with Gasteiger partial charge in [0.25, 0.3) is 0 Å². The lowest BCUT2D eigenvalue weighted by Crippen LogP contribution is -2.23. The first-order valence-electron chi connectivity index (χ1n) is 9.53. The van der Waals surface area contributed by atoms with E-state index in [1.807, 2.05) is 31.2 Å². The van der Waals surface area contributed by atoms with E-state index in [2.05, 4.69) is 30.5 Å². The fourth-order valence-corrected chi connectivity index (χ4v) is 3.04. The van der Waals surface area contributed by atoms with Crippen molar-refractivity contribution in [2.45, 2.75) is 24.6 Å². The van der Waals surface area contributed by atoms with Crippen molar-refractivity contribution >= 4 is 39.8 Å². The predicted octanol–water partition coefficient (Wildman–Crippen LogP) is 4.00. The van der Waals surface area contributed by atoms with Gasteiger partial charge in [0, 0.05) is 10.9 Å². The van der Waals surface area contributed by atoms with Gasteiger partial charge in [0.2, 0.25) is 5.96 Å². The Morgan fingerprint density at radius 3 is 2.44 bits per heavy atom. The van der Waals surface area contributed by atoms with Gasteiger partial charge in [0.15, 0.2) is 0 Å². The lowest BCUT2D eigenvalue weighted by molar-refractivity contribution is -0.275. The molecular weight excluding hydrogens is 545 g/mol. The number of nitrogens with zero attached hydrogens (tertiary/aromatic N) is 1. The molecule has 0 aromatic heterocycles. The van der Waals surface area contributed by atoms with E-state index in [-0.39, 0.29) is 17.4 Å². The SMILES string of the molecule is Cc1ccc(OCCCON=C(N)N)cc1.O=C(O)CNSc1ccc(Br)cc1OC(F)(F)F. The Labute approximate surface area is 206 Å². The molecule has 0 fully saturated rings. The number of benzene rings is 2. The van der Waals surface area contributed by atoms with Crippen LogP contribution in [-0.4, -0.2) is 43.2 Å². The largest absolute Gasteiger partial charge is 0.573 e. The van der Waals surface area contributed by atoms with Gasteiger partial charge in [-0.1, -0.05) is 33.6 Å². The van der Waals surface area contributed by atoms with Crippen molar-refractivity contribution in [2.24, 2.45) is 16.6 Å². The van der Waals surface area contributed by atoms with Gasteiger partial charge in [-0.3, -0.25) is 4.79 Å². The minimum Gasteiger partial charge on any atom is -0.493 e. The van der Waals surface area contributed by atoms with Gasteiger partial charge in [0.05, 0.1) is 11.5 Å². The van der Waals surface area contributed by atoms with Crippen molar-refractivity contribution in [3.05, 3.63) is 52.5 Å². The Morgan fingerprint density at radius 1 is 1.18 bits per heavy atom. The van der Waals surface area contributed by atoms with Crippen LogP contribution in [0.3, 0.4) is 0 Å². The molecule has 6 N–H and O–H groups in total. The average Bonchev–Trinajstić information content (AvgIpc) is 2.72. The van der Waals surface area contributed by atoms with Gasteiger partial charge in [-0.25, -0.2) is 4.72 Å². The number of guanidine groups is 1. The molecule has 0 aliphatic heterocycles. The number of carboxylic acid groups (broad SMARTS) is 1. The van der Waals surface area contributed by atoms with Crippen molar-refractivity contribution in [1.29, 1.82) is 0 Å². The van der Waals surface area contributed by atoms with E-state index in [4.69, 9.17) is 26.1 Å². The van der Waals surface area contributed by atoms with Crippen molar-refractivity contribution in [3.8, 4) is 11.5 Å². The minimum atomic E-state index is -4.80. The maximum atomic E-state index is 12.1. The molecule has 0 unspecified atom stereocenters. The summed E-state index contributed by atoms with van der Waals surface area (Å²) in [6.07, 6.45) is -4.08. The Balaban J connectivity index is 0.000000342. The number of oxime groups is 1. The van der Waals surface area contributed by atoms with E-state index in [0.29, 0.717) is 17.7 Å². The Hall–Kier alpha value is -2.84. The van der Waals surface area contributed by atoms with Crippen LogP contribution in [0.1, 0.15) is 12.0 Å². The number of ether oxygens (including phenoxy) is 2. The van der Waals surface area contributed by atoms with Gasteiger partial charge >= 0.3 is 12.3 Å². The van der Waals surface area contributed by atoms with Gasteiger partial charge in [-0.05, 0) is 54.4 Å². The van der Waals surface area contributed by atoms with Crippen LogP contribution in [0.25, 0.3) is 0 Å². The number of carbonyl (C=O) groups is 1. The number of alkyl halides is 3. The molecule has 0 radical (unpaired) electrons. The lowest BCUT2D eigenvalue weighted by Gasteiger charge is -2.13. The van der Waals surface area contributed by atoms with Crippen LogP contribution in [0.2, 0.25) is 0 Å². The maximum Gasteiger partial charge on any atom is 0.573 e. The average molecular weight is 569 g/mol. The third-order valence-corrected chi connectivity index (χ3v) is 4.72. The zero-order valence-electron chi connectivity index (χ0n) is 18.0. The number of nitrogens with one attached hydrogen (secondary N) is 1. The highest BCUT2D eigenvalue weighted by molar-refractivity contribution is 9.10. The molecule has 0 saturated heterocycles. The predicted molar refractivity (Wildman–Crippen MR) is 125 cm³/mol. The molecular formula is C20H24BrF3N4O5S. The van der Waals surface area contributed by atoms with Crippen LogP contribution >= 0.6 is 27.9 Å². The molecule has 0 spiro atoms. The second-order valence-electron chi connectivity index (χ2n) is 6.32. The van der Waals surface area contributed by atoms with Crippen LogP contribution < -0.4 is 25.7 Å². The normalized spacial score (nSPS) is 10.5. The molecule has 2 aromatic rings. The third-order valence-electron chi connectivity index (χ3n) is 3.38. The molecule has 14 heteroatoms. The fourth-order valence-electron chi connectivity index (χ4n) is 2.01. The number of nitrogens with two attached hydrogens (primary N) is 2. The first kappa shape index (κ1) is 29.2. The lowest BCUT2D eigenvalue weighted by atomic mass is 10.2. The number of rotatable bonds is 11. The van der Waals surface area contributed by atoms with E-state index in [1.54, 1.807) is 0 Å². The molecule has 188 valence electrons. The zero-order chi connectivity index (χ0) is 25.6. The Kier molecular flexibility index (Phi) is 13.0. The van der Waals surface area contributed by atoms with Gasteiger partial charge in [-0.2, -0.15) is 0 Å². The molecule has 0 saturated carbocycles. The number of halogens is 4. The zero-order valence-corrected chi connectivity index (χ0v) is 20.4. The van der Waals surface area contributed by atoms with Gasteiger partial charge in [0.1, 0.15) is 24.7 Å². The maximum absolute atomic E-state index is 12.1. The molecule has 0 heterocycles. The number of aliphatic carboxylic acids is 1. The van der Waals surface area contributed by atoms with Crippen LogP contribution in [0.4, 0.5) is 13.2 Å². The standard InChI is InChI=1S/C11H17N3O2.C9H7BrF3NO3S/c1-9-3-5-10(6-4-9)15-7-2-8-16-14-11(12)13;10-5-1-2-7(18-14-4-8(15)16)6(3-5)17-9(11,12)13/h3-6H,2,7-8H2,1H3,(H4,12,13,14);1-3,14H,4H2,(H,15,16). The van der Waals surface area contributed by atoms with E-state index in [0.717, 1.165) is 30.2 Å². The van der Waals surface area contributed by atoms with E-state index in [1.165, 1.54) is 17.7 Å². The van der Waals surface area contributed by atoms with Crippen molar-refractivity contribution in [3.63, 3.8) is 0 Å². The summed E-state index contributed by atoms with van der Waals surface area (Å²) in [6, 6.07) is 11.9. The molecule has 0 aliphatic rings. The quantitative estimate of drug-likeness (QED) is 0.104. The first-order chi connectivity index (χ1) is 16.0. The summed E-state index contributed by atoms with van der Waals surface area (Å²) in [4.78, 5) is 15.2. The number of aryl methyl sites for hydroxylation is 1. The highest BCUT2D eigenvalue weighted by atomic mass is 79.9. The second kappa shape index (κ2) is 15.1. The van der Waals surface area contributed by atoms with E-state index in [9.17, 15) is 18.0 Å². The monoisotopic (exact) mass is 568 g/mol. The van der Waals surface area contributed by atoms with E-state index < -0.39 is 18.1 Å². The van der Waals surface area contributed by atoms with Crippen LogP contribution in [-0.2, 0) is 9.63 Å². The second-order valence-corrected chi connectivity index (χ2v) is 8.17. The summed E-state index contributed by atoms with van der Waals surface area (Å²) in [5.41, 5.74) is 11.4. The number of hydrogen-bond acceptors (Lipinski definition) is 7. The van der Waals surface area contributed by atoms with E-state index >= 15 is 0 Å². The van der Waals surface area contributed by atoms with Crippen LogP contribution in [0.5, 0.6) is 11.5 Å². The van der Waals surface area contributed by atoms with Crippen LogP contribution in [0, 0.1) is 6.92 Å². The topological polar surface area (TPSA) is 141 Å². The molecule has 2 rings (SSSR count). The smallest absolute Gasteiger partial charge is 0.493 e. The summed E-state index contributed by atoms with van der Waals surface area (Å²) in [7, 11) is 0. The number of hydrogen-bond donors (Lipinski definition) is 4. The molecule has 0 bridgehead atoms. The summed E-state index contributed by atoms with van der Waals surface area (Å²) < 4.78 is 48.6. The molecule has 0 amide bonds.